The van der Waals surface area contributed by atoms with Crippen LogP contribution in [0.1, 0.15) is 5.56 Å². The molecule has 0 unspecified atom stereocenters. The molecular formula is C19H16ClN3O4. The van der Waals surface area contributed by atoms with Crippen LogP contribution in [0.15, 0.2) is 64.4 Å². The van der Waals surface area contributed by atoms with Gasteiger partial charge in [-0.15, -0.1) is 0 Å². The molecular weight excluding hydrogens is 370 g/mol. The fourth-order valence-corrected chi connectivity index (χ4v) is 2.39. The molecule has 8 heteroatoms. The molecule has 0 aliphatic carbocycles. The number of methoxy groups -OCH3 is 1. The summed E-state index contributed by atoms with van der Waals surface area (Å²) in [6, 6.07) is 13.9. The van der Waals surface area contributed by atoms with Gasteiger partial charge in [0.15, 0.2) is 12.4 Å². The van der Waals surface area contributed by atoms with E-state index in [1.54, 1.807) is 43.5 Å². The summed E-state index contributed by atoms with van der Waals surface area (Å²) in [5, 5.41) is 8.08. The summed E-state index contributed by atoms with van der Waals surface area (Å²) in [6.07, 6.45) is 3.04. The van der Waals surface area contributed by atoms with Crippen molar-refractivity contribution >= 4 is 23.7 Å². The lowest BCUT2D eigenvalue weighted by atomic mass is 10.1. The summed E-state index contributed by atoms with van der Waals surface area (Å²) >= 11 is 6.02. The molecule has 7 nitrogen and oxygen atoms in total. The number of hydrogen-bond donors (Lipinski definition) is 1. The minimum atomic E-state index is -0.404. The van der Waals surface area contributed by atoms with Crippen molar-refractivity contribution in [1.82, 2.24) is 10.6 Å². The Kier molecular flexibility index (Phi) is 6.06. The maximum Gasteiger partial charge on any atom is 0.277 e. The van der Waals surface area contributed by atoms with Crippen molar-refractivity contribution in [2.45, 2.75) is 0 Å². The number of carbonyl (C=O) groups is 1. The maximum absolute atomic E-state index is 11.9. The SMILES string of the molecule is COc1ccc(/C=N/NC(=O)COc2ccc(Cl)cc2-c2ccno2)cc1. The summed E-state index contributed by atoms with van der Waals surface area (Å²) < 4.78 is 15.8. The molecule has 0 fully saturated rings. The third kappa shape index (κ3) is 5.08. The van der Waals surface area contributed by atoms with Gasteiger partial charge >= 0.3 is 0 Å². The normalized spacial score (nSPS) is 10.7. The number of hydrazone groups is 1. The lowest BCUT2D eigenvalue weighted by Gasteiger charge is -2.09. The monoisotopic (exact) mass is 385 g/mol. The molecule has 138 valence electrons. The number of benzene rings is 2. The largest absolute Gasteiger partial charge is 0.497 e. The molecule has 2 aromatic carbocycles. The van der Waals surface area contributed by atoms with Gasteiger partial charge in [-0.2, -0.15) is 5.10 Å². The number of nitrogens with one attached hydrogen (secondary N) is 1. The van der Waals surface area contributed by atoms with E-state index in [9.17, 15) is 4.79 Å². The van der Waals surface area contributed by atoms with Crippen LogP contribution >= 0.6 is 11.6 Å². The molecule has 0 aliphatic rings. The molecule has 1 N–H and O–H groups in total. The zero-order valence-corrected chi connectivity index (χ0v) is 15.1. The zero-order chi connectivity index (χ0) is 19.1. The first-order valence-electron chi connectivity index (χ1n) is 7.95. The van der Waals surface area contributed by atoms with Crippen LogP contribution in [-0.4, -0.2) is 31.0 Å². The molecule has 3 aromatic rings. The van der Waals surface area contributed by atoms with E-state index in [1.165, 1.54) is 12.4 Å². The van der Waals surface area contributed by atoms with Crippen LogP contribution in [0, 0.1) is 0 Å². The Morgan fingerprint density at radius 3 is 2.78 bits per heavy atom. The van der Waals surface area contributed by atoms with E-state index in [-0.39, 0.29) is 6.61 Å². The molecule has 27 heavy (non-hydrogen) atoms. The minimum absolute atomic E-state index is 0.220. The molecule has 1 aromatic heterocycles. The standard InChI is InChI=1S/C19H16ClN3O4/c1-25-15-5-2-13(3-6-15)11-21-23-19(24)12-26-17-7-4-14(20)10-16(17)18-8-9-22-27-18/h2-11H,12H2,1H3,(H,23,24)/b21-11+. The lowest BCUT2D eigenvalue weighted by molar-refractivity contribution is -0.123. The third-order valence-corrected chi connectivity index (χ3v) is 3.76. The molecule has 0 saturated heterocycles. The summed E-state index contributed by atoms with van der Waals surface area (Å²) in [7, 11) is 1.60. The number of ether oxygens (including phenoxy) is 2. The Bertz CT molecular complexity index is 925. The number of hydrogen-bond acceptors (Lipinski definition) is 6. The van der Waals surface area contributed by atoms with Crippen molar-refractivity contribution < 1.29 is 18.8 Å². The fourth-order valence-electron chi connectivity index (χ4n) is 2.22. The molecule has 1 amide bonds. The second-order valence-electron chi connectivity index (χ2n) is 5.37. The molecule has 0 spiro atoms. The molecule has 0 bridgehead atoms. The first-order chi connectivity index (χ1) is 13.2. The van der Waals surface area contributed by atoms with Crippen molar-refractivity contribution in [3.63, 3.8) is 0 Å². The van der Waals surface area contributed by atoms with Gasteiger partial charge in [0.2, 0.25) is 0 Å². The average Bonchev–Trinajstić information content (AvgIpc) is 3.22. The third-order valence-electron chi connectivity index (χ3n) is 3.52. The number of nitrogens with zero attached hydrogens (tertiary/aromatic N) is 2. The first kappa shape index (κ1) is 18.5. The smallest absolute Gasteiger partial charge is 0.277 e. The van der Waals surface area contributed by atoms with Crippen LogP contribution in [0.2, 0.25) is 5.02 Å². The lowest BCUT2D eigenvalue weighted by Crippen LogP contribution is -2.24. The zero-order valence-electron chi connectivity index (χ0n) is 14.4. The van der Waals surface area contributed by atoms with E-state index < -0.39 is 5.91 Å². The minimum Gasteiger partial charge on any atom is -0.497 e. The van der Waals surface area contributed by atoms with Crippen molar-refractivity contribution in [1.29, 1.82) is 0 Å². The topological polar surface area (TPSA) is 86.0 Å². The van der Waals surface area contributed by atoms with Gasteiger partial charge in [-0.05, 0) is 48.0 Å². The van der Waals surface area contributed by atoms with Crippen LogP contribution in [0.25, 0.3) is 11.3 Å². The van der Waals surface area contributed by atoms with Gasteiger partial charge in [-0.1, -0.05) is 16.8 Å². The van der Waals surface area contributed by atoms with Crippen molar-refractivity contribution in [3.05, 3.63) is 65.3 Å². The Balaban J connectivity index is 1.57. The van der Waals surface area contributed by atoms with Crippen LogP contribution in [-0.2, 0) is 4.79 Å². The van der Waals surface area contributed by atoms with Gasteiger partial charge in [-0.25, -0.2) is 5.43 Å². The predicted molar refractivity (Wildman–Crippen MR) is 101 cm³/mol. The predicted octanol–water partition coefficient (Wildman–Crippen LogP) is 3.53. The Morgan fingerprint density at radius 1 is 1.26 bits per heavy atom. The van der Waals surface area contributed by atoms with E-state index in [4.69, 9.17) is 25.6 Å². The number of rotatable bonds is 7. The number of carbonyl (C=O) groups excluding carboxylic acids is 1. The second kappa shape index (κ2) is 8.86. The molecule has 0 atom stereocenters. The molecule has 0 saturated carbocycles. The average molecular weight is 386 g/mol. The van der Waals surface area contributed by atoms with Gasteiger partial charge in [0, 0.05) is 11.1 Å². The highest BCUT2D eigenvalue weighted by atomic mass is 35.5. The van der Waals surface area contributed by atoms with Crippen LogP contribution in [0.4, 0.5) is 0 Å². The number of halogens is 1. The summed E-state index contributed by atoms with van der Waals surface area (Å²) in [5.74, 6) is 1.28. The van der Waals surface area contributed by atoms with Crippen molar-refractivity contribution in [2.75, 3.05) is 13.7 Å². The quantitative estimate of drug-likeness (QED) is 0.496. The highest BCUT2D eigenvalue weighted by molar-refractivity contribution is 6.30. The Hall–Kier alpha value is -3.32. The number of aromatic nitrogens is 1. The van der Waals surface area contributed by atoms with Crippen molar-refractivity contribution in [2.24, 2.45) is 5.10 Å². The Morgan fingerprint density at radius 2 is 2.07 bits per heavy atom. The van der Waals surface area contributed by atoms with Gasteiger partial charge in [0.25, 0.3) is 5.91 Å². The van der Waals surface area contributed by atoms with E-state index in [2.05, 4.69) is 15.7 Å². The Labute approximate surface area is 160 Å². The molecule has 3 rings (SSSR count). The van der Waals surface area contributed by atoms with Gasteiger partial charge in [0.1, 0.15) is 11.5 Å². The molecule has 1 heterocycles. The van der Waals surface area contributed by atoms with Crippen molar-refractivity contribution in [3.8, 4) is 22.8 Å². The van der Waals surface area contributed by atoms with E-state index in [1.807, 2.05) is 12.1 Å². The van der Waals surface area contributed by atoms with Crippen LogP contribution in [0.5, 0.6) is 11.5 Å². The van der Waals surface area contributed by atoms with Gasteiger partial charge in [0.05, 0.1) is 25.1 Å². The molecule has 0 aliphatic heterocycles. The first-order valence-corrected chi connectivity index (χ1v) is 8.33. The van der Waals surface area contributed by atoms with Gasteiger partial charge < -0.3 is 14.0 Å². The van der Waals surface area contributed by atoms with E-state index in [0.717, 1.165) is 11.3 Å². The second-order valence-corrected chi connectivity index (χ2v) is 5.81. The van der Waals surface area contributed by atoms with E-state index in [0.29, 0.717) is 22.1 Å². The summed E-state index contributed by atoms with van der Waals surface area (Å²) in [4.78, 5) is 11.9. The maximum atomic E-state index is 11.9. The molecule has 0 radical (unpaired) electrons. The summed E-state index contributed by atoms with van der Waals surface area (Å²) in [5.41, 5.74) is 3.84. The highest BCUT2D eigenvalue weighted by Gasteiger charge is 2.12. The number of amides is 1. The van der Waals surface area contributed by atoms with E-state index >= 15 is 0 Å². The highest BCUT2D eigenvalue weighted by Crippen LogP contribution is 2.32. The van der Waals surface area contributed by atoms with Gasteiger partial charge in [-0.3, -0.25) is 4.79 Å². The summed E-state index contributed by atoms with van der Waals surface area (Å²) in [6.45, 7) is -0.220. The van der Waals surface area contributed by atoms with Crippen LogP contribution in [0.3, 0.4) is 0 Å². The fraction of sp³-hybridized carbons (Fsp3) is 0.105. The van der Waals surface area contributed by atoms with Crippen LogP contribution < -0.4 is 14.9 Å².